The lowest BCUT2D eigenvalue weighted by Gasteiger charge is -2.33. The van der Waals surface area contributed by atoms with E-state index in [4.69, 9.17) is 4.74 Å². The van der Waals surface area contributed by atoms with Crippen LogP contribution in [0.3, 0.4) is 0 Å². The van der Waals surface area contributed by atoms with Crippen LogP contribution in [-0.4, -0.2) is 48.2 Å². The second kappa shape index (κ2) is 7.10. The maximum atomic E-state index is 12.4. The molecule has 1 N–H and O–H groups in total. The third-order valence-electron chi connectivity index (χ3n) is 4.73. The molecule has 0 amide bonds. The number of nitrogens with zero attached hydrogens (tertiary/aromatic N) is 1. The summed E-state index contributed by atoms with van der Waals surface area (Å²) in [6.07, 6.45) is 5.58. The van der Waals surface area contributed by atoms with Gasteiger partial charge < -0.3 is 10.1 Å². The topological polar surface area (TPSA) is 41.6 Å². The summed E-state index contributed by atoms with van der Waals surface area (Å²) in [6, 6.07) is 1.29. The van der Waals surface area contributed by atoms with Crippen LogP contribution in [-0.2, 0) is 9.53 Å². The van der Waals surface area contributed by atoms with Crippen molar-refractivity contribution in [1.82, 2.24) is 10.2 Å². The van der Waals surface area contributed by atoms with Crippen LogP contribution in [0.5, 0.6) is 0 Å². The van der Waals surface area contributed by atoms with E-state index in [0.717, 1.165) is 38.4 Å². The van der Waals surface area contributed by atoms with E-state index in [1.165, 1.54) is 12.8 Å². The Morgan fingerprint density at radius 2 is 2.00 bits per heavy atom. The number of nitrogens with one attached hydrogen (secondary N) is 1. The molecule has 0 aromatic heterocycles. The Hall–Kier alpha value is -0.610. The summed E-state index contributed by atoms with van der Waals surface area (Å²) >= 11 is 0. The molecule has 0 radical (unpaired) electrons. The first-order chi connectivity index (χ1) is 10.0. The highest BCUT2D eigenvalue weighted by Gasteiger charge is 2.49. The van der Waals surface area contributed by atoms with Gasteiger partial charge >= 0.3 is 5.97 Å². The van der Waals surface area contributed by atoms with E-state index >= 15 is 0 Å². The lowest BCUT2D eigenvalue weighted by Crippen LogP contribution is -2.52. The van der Waals surface area contributed by atoms with Gasteiger partial charge in [0.1, 0.15) is 5.54 Å². The van der Waals surface area contributed by atoms with Crippen LogP contribution in [0.15, 0.2) is 0 Å². The predicted octanol–water partition coefficient (Wildman–Crippen LogP) is 2.57. The molecule has 4 nitrogen and oxygen atoms in total. The van der Waals surface area contributed by atoms with Gasteiger partial charge in [-0.1, -0.05) is 20.8 Å². The Balaban J connectivity index is 2.05. The number of carbonyl (C=O) groups is 1. The smallest absolute Gasteiger partial charge is 0.326 e. The average Bonchev–Trinajstić information content (AvgIpc) is 3.18. The average molecular weight is 296 g/mol. The van der Waals surface area contributed by atoms with Crippen molar-refractivity contribution in [2.75, 3.05) is 19.7 Å². The number of hydrogen-bond acceptors (Lipinski definition) is 4. The van der Waals surface area contributed by atoms with Crippen LogP contribution < -0.4 is 5.32 Å². The molecule has 0 aliphatic heterocycles. The number of hydrogen-bond donors (Lipinski definition) is 1. The minimum Gasteiger partial charge on any atom is -0.465 e. The number of ether oxygens (including phenoxy) is 1. The molecule has 0 heterocycles. The van der Waals surface area contributed by atoms with Crippen LogP contribution in [0.4, 0.5) is 0 Å². The first kappa shape index (κ1) is 16.8. The lowest BCUT2D eigenvalue weighted by atomic mass is 9.97. The SMILES string of the molecule is CCNC1(C(=O)OCC)CCC(N(CC(C)C)C2CC2)C1. The summed E-state index contributed by atoms with van der Waals surface area (Å²) in [5.41, 5.74) is -0.445. The third-order valence-corrected chi connectivity index (χ3v) is 4.73. The normalized spacial score (nSPS) is 29.3. The summed E-state index contributed by atoms with van der Waals surface area (Å²) in [5, 5.41) is 3.44. The maximum Gasteiger partial charge on any atom is 0.326 e. The quantitative estimate of drug-likeness (QED) is 0.699. The Labute approximate surface area is 129 Å². The molecule has 0 saturated heterocycles. The van der Waals surface area contributed by atoms with E-state index in [0.29, 0.717) is 18.6 Å². The van der Waals surface area contributed by atoms with E-state index in [9.17, 15) is 4.79 Å². The van der Waals surface area contributed by atoms with E-state index in [1.54, 1.807) is 0 Å². The number of rotatable bonds is 8. The van der Waals surface area contributed by atoms with Crippen LogP contribution in [0, 0.1) is 5.92 Å². The van der Waals surface area contributed by atoms with Crippen molar-refractivity contribution in [2.24, 2.45) is 5.92 Å². The number of carbonyl (C=O) groups excluding carboxylic acids is 1. The zero-order chi connectivity index (χ0) is 15.5. The first-order valence-electron chi connectivity index (χ1n) is 8.70. The Morgan fingerprint density at radius 1 is 1.29 bits per heavy atom. The first-order valence-corrected chi connectivity index (χ1v) is 8.70. The highest BCUT2D eigenvalue weighted by Crippen LogP contribution is 2.39. The molecule has 2 aliphatic rings. The van der Waals surface area contributed by atoms with Crippen molar-refractivity contribution >= 4 is 5.97 Å². The molecule has 2 saturated carbocycles. The fourth-order valence-corrected chi connectivity index (χ4v) is 3.75. The molecule has 21 heavy (non-hydrogen) atoms. The van der Waals surface area contributed by atoms with Gasteiger partial charge in [0.05, 0.1) is 6.61 Å². The summed E-state index contributed by atoms with van der Waals surface area (Å²) < 4.78 is 5.35. The fraction of sp³-hybridized carbons (Fsp3) is 0.941. The van der Waals surface area contributed by atoms with Crippen LogP contribution in [0.1, 0.15) is 59.8 Å². The molecular formula is C17H32N2O2. The maximum absolute atomic E-state index is 12.4. The van der Waals surface area contributed by atoms with Gasteiger partial charge in [0, 0.05) is 18.6 Å². The molecule has 2 unspecified atom stereocenters. The molecule has 0 aromatic carbocycles. The second-order valence-corrected chi connectivity index (χ2v) is 7.05. The van der Waals surface area contributed by atoms with Gasteiger partial charge in [-0.2, -0.15) is 0 Å². The summed E-state index contributed by atoms with van der Waals surface area (Å²) in [6.45, 7) is 11.0. The molecule has 2 aliphatic carbocycles. The monoisotopic (exact) mass is 296 g/mol. The molecular weight excluding hydrogens is 264 g/mol. The molecule has 0 bridgehead atoms. The van der Waals surface area contributed by atoms with E-state index in [-0.39, 0.29) is 5.97 Å². The van der Waals surface area contributed by atoms with Crippen molar-refractivity contribution in [3.8, 4) is 0 Å². The van der Waals surface area contributed by atoms with Gasteiger partial charge in [0.2, 0.25) is 0 Å². The van der Waals surface area contributed by atoms with E-state index in [2.05, 4.69) is 31.0 Å². The van der Waals surface area contributed by atoms with Gasteiger partial charge in [0.25, 0.3) is 0 Å². The van der Waals surface area contributed by atoms with Crippen molar-refractivity contribution in [3.63, 3.8) is 0 Å². The summed E-state index contributed by atoms with van der Waals surface area (Å²) in [4.78, 5) is 15.1. The summed E-state index contributed by atoms with van der Waals surface area (Å²) in [7, 11) is 0. The minimum atomic E-state index is -0.445. The third kappa shape index (κ3) is 3.98. The fourth-order valence-electron chi connectivity index (χ4n) is 3.75. The zero-order valence-corrected chi connectivity index (χ0v) is 14.2. The molecule has 0 aromatic rings. The molecule has 2 atom stereocenters. The van der Waals surface area contributed by atoms with Crippen LogP contribution in [0.25, 0.3) is 0 Å². The van der Waals surface area contributed by atoms with Gasteiger partial charge in [-0.3, -0.25) is 9.69 Å². The predicted molar refractivity (Wildman–Crippen MR) is 85.2 cm³/mol. The van der Waals surface area contributed by atoms with Gasteiger partial charge in [0.15, 0.2) is 0 Å². The van der Waals surface area contributed by atoms with Crippen LogP contribution in [0.2, 0.25) is 0 Å². The molecule has 2 fully saturated rings. The molecule has 2 rings (SSSR count). The second-order valence-electron chi connectivity index (χ2n) is 7.05. The van der Waals surface area contributed by atoms with Gasteiger partial charge in [-0.25, -0.2) is 0 Å². The van der Waals surface area contributed by atoms with E-state index in [1.807, 2.05) is 6.92 Å². The Bertz CT molecular complexity index is 355. The largest absolute Gasteiger partial charge is 0.465 e. The summed E-state index contributed by atoms with van der Waals surface area (Å²) in [5.74, 6) is 0.636. The van der Waals surface area contributed by atoms with Gasteiger partial charge in [-0.15, -0.1) is 0 Å². The molecule has 4 heteroatoms. The van der Waals surface area contributed by atoms with Crippen LogP contribution >= 0.6 is 0 Å². The highest BCUT2D eigenvalue weighted by atomic mass is 16.5. The Morgan fingerprint density at radius 3 is 2.52 bits per heavy atom. The number of likely N-dealkylation sites (N-methyl/N-ethyl adjacent to an activating group) is 1. The van der Waals surface area contributed by atoms with E-state index < -0.39 is 5.54 Å². The van der Waals surface area contributed by atoms with Crippen molar-refractivity contribution in [3.05, 3.63) is 0 Å². The highest BCUT2D eigenvalue weighted by molar-refractivity contribution is 5.81. The minimum absolute atomic E-state index is 0.0466. The molecule has 0 spiro atoms. The molecule has 122 valence electrons. The van der Waals surface area contributed by atoms with Crippen molar-refractivity contribution in [2.45, 2.75) is 77.4 Å². The Kier molecular flexibility index (Phi) is 5.67. The standard InChI is InChI=1S/C17H32N2O2/c1-5-18-17(16(20)21-6-2)10-9-15(11-17)19(12-13(3)4)14-7-8-14/h13-15,18H,5-12H2,1-4H3. The van der Waals surface area contributed by atoms with Crippen molar-refractivity contribution < 1.29 is 9.53 Å². The zero-order valence-electron chi connectivity index (χ0n) is 14.2. The lowest BCUT2D eigenvalue weighted by molar-refractivity contribution is -0.151. The van der Waals surface area contributed by atoms with Gasteiger partial charge in [-0.05, 0) is 51.5 Å². The number of esters is 1. The van der Waals surface area contributed by atoms with Crippen molar-refractivity contribution in [1.29, 1.82) is 0 Å².